The van der Waals surface area contributed by atoms with Gasteiger partial charge in [0.25, 0.3) is 0 Å². The van der Waals surface area contributed by atoms with Crippen molar-refractivity contribution in [3.05, 3.63) is 36.5 Å². The first-order valence-corrected chi connectivity index (χ1v) is 20.0. The summed E-state index contributed by atoms with van der Waals surface area (Å²) in [7, 11) is 0. The lowest BCUT2D eigenvalue weighted by Crippen LogP contribution is -2.29. The number of allylic oxidation sites excluding steroid dienone is 6. The van der Waals surface area contributed by atoms with Crippen LogP contribution in [0.1, 0.15) is 194 Å². The average Bonchev–Trinajstić information content (AvgIpc) is 3.07. The van der Waals surface area contributed by atoms with E-state index in [9.17, 15) is 9.59 Å². The Hall–Kier alpha value is -1.88. The first-order chi connectivity index (χ1) is 23.1. The van der Waals surface area contributed by atoms with Gasteiger partial charge in [-0.15, -0.1) is 0 Å². The van der Waals surface area contributed by atoms with Gasteiger partial charge in [-0.25, -0.2) is 0 Å². The zero-order chi connectivity index (χ0) is 34.3. The highest BCUT2D eigenvalue weighted by Gasteiger charge is 2.16. The fraction of sp³-hybridized carbons (Fsp3) is 0.810. The highest BCUT2D eigenvalue weighted by molar-refractivity contribution is 5.69. The van der Waals surface area contributed by atoms with Crippen molar-refractivity contribution in [2.75, 3.05) is 19.8 Å². The van der Waals surface area contributed by atoms with Crippen LogP contribution in [0.5, 0.6) is 0 Å². The van der Waals surface area contributed by atoms with E-state index < -0.39 is 6.10 Å². The number of carbonyl (C=O) groups excluding carboxylic acids is 2. The van der Waals surface area contributed by atoms with E-state index in [2.05, 4.69) is 57.2 Å². The summed E-state index contributed by atoms with van der Waals surface area (Å²) >= 11 is 0. The topological polar surface area (TPSA) is 61.8 Å². The van der Waals surface area contributed by atoms with Gasteiger partial charge in [0.2, 0.25) is 0 Å². The van der Waals surface area contributed by atoms with Gasteiger partial charge >= 0.3 is 11.9 Å². The number of hydrogen-bond acceptors (Lipinski definition) is 5. The lowest BCUT2D eigenvalue weighted by atomic mass is 10.1. The van der Waals surface area contributed by atoms with Crippen LogP contribution < -0.4 is 0 Å². The van der Waals surface area contributed by atoms with Crippen molar-refractivity contribution in [1.29, 1.82) is 0 Å². The smallest absolute Gasteiger partial charge is 0.305 e. The second kappa shape index (κ2) is 38.6. The molecule has 0 N–H and O–H groups in total. The SMILES string of the molecule is CCC=CCCCCCCCCOC(COC(=O)CCCCCCCC=CCC)COC(=O)CCCCCCCC=CCCCCC. The summed E-state index contributed by atoms with van der Waals surface area (Å²) in [5.74, 6) is -0.365. The third-order valence-electron chi connectivity index (χ3n) is 8.43. The second-order valence-electron chi connectivity index (χ2n) is 13.1. The van der Waals surface area contributed by atoms with Crippen LogP contribution in [0.3, 0.4) is 0 Å². The molecule has 0 saturated carbocycles. The monoisotopic (exact) mass is 661 g/mol. The van der Waals surface area contributed by atoms with Gasteiger partial charge < -0.3 is 14.2 Å². The highest BCUT2D eigenvalue weighted by atomic mass is 16.6. The molecule has 0 aliphatic carbocycles. The van der Waals surface area contributed by atoms with E-state index in [1.54, 1.807) is 0 Å². The van der Waals surface area contributed by atoms with E-state index >= 15 is 0 Å². The Kier molecular flexibility index (Phi) is 37.0. The number of unbranched alkanes of at least 4 members (excludes halogenated alkanes) is 19. The predicted molar refractivity (Wildman–Crippen MR) is 201 cm³/mol. The molecule has 274 valence electrons. The molecule has 0 spiro atoms. The maximum atomic E-state index is 12.4. The third kappa shape index (κ3) is 36.8. The van der Waals surface area contributed by atoms with Gasteiger partial charge in [0.05, 0.1) is 0 Å². The molecule has 0 rings (SSSR count). The zero-order valence-electron chi connectivity index (χ0n) is 31.3. The van der Waals surface area contributed by atoms with Crippen molar-refractivity contribution in [3.8, 4) is 0 Å². The molecule has 1 atom stereocenters. The number of rotatable bonds is 36. The van der Waals surface area contributed by atoms with Gasteiger partial charge in [0.15, 0.2) is 0 Å². The lowest BCUT2D eigenvalue weighted by Gasteiger charge is -2.18. The molecule has 0 radical (unpaired) electrons. The van der Waals surface area contributed by atoms with Gasteiger partial charge in [-0.05, 0) is 83.5 Å². The molecule has 0 amide bonds. The van der Waals surface area contributed by atoms with Crippen LogP contribution in [0, 0.1) is 0 Å². The van der Waals surface area contributed by atoms with Crippen LogP contribution in [-0.4, -0.2) is 37.9 Å². The zero-order valence-corrected chi connectivity index (χ0v) is 31.3. The molecule has 0 bridgehead atoms. The normalized spacial score (nSPS) is 12.5. The Bertz CT molecular complexity index is 756. The molecular weight excluding hydrogens is 584 g/mol. The van der Waals surface area contributed by atoms with E-state index in [0.717, 1.165) is 77.0 Å². The van der Waals surface area contributed by atoms with Gasteiger partial charge in [-0.1, -0.05) is 134 Å². The Labute approximate surface area is 291 Å². The summed E-state index contributed by atoms with van der Waals surface area (Å²) in [5, 5.41) is 0. The second-order valence-corrected chi connectivity index (χ2v) is 13.1. The predicted octanol–water partition coefficient (Wildman–Crippen LogP) is 12.7. The van der Waals surface area contributed by atoms with E-state index in [-0.39, 0.29) is 25.2 Å². The molecule has 0 fully saturated rings. The molecular formula is C42H76O5. The number of hydrogen-bond donors (Lipinski definition) is 0. The quantitative estimate of drug-likeness (QED) is 0.0380. The fourth-order valence-corrected chi connectivity index (χ4v) is 5.42. The first kappa shape index (κ1) is 45.1. The van der Waals surface area contributed by atoms with Crippen molar-refractivity contribution in [3.63, 3.8) is 0 Å². The molecule has 5 heteroatoms. The van der Waals surface area contributed by atoms with Gasteiger partial charge in [0.1, 0.15) is 19.3 Å². The van der Waals surface area contributed by atoms with E-state index in [4.69, 9.17) is 14.2 Å². The van der Waals surface area contributed by atoms with Crippen molar-refractivity contribution in [2.24, 2.45) is 0 Å². The Morgan fingerprint density at radius 3 is 1.23 bits per heavy atom. The van der Waals surface area contributed by atoms with Crippen molar-refractivity contribution < 1.29 is 23.8 Å². The van der Waals surface area contributed by atoms with E-state index in [1.807, 2.05) is 0 Å². The van der Waals surface area contributed by atoms with Crippen LogP contribution in [0.4, 0.5) is 0 Å². The minimum absolute atomic E-state index is 0.147. The van der Waals surface area contributed by atoms with Crippen LogP contribution in [0.15, 0.2) is 36.5 Å². The van der Waals surface area contributed by atoms with Crippen molar-refractivity contribution in [2.45, 2.75) is 200 Å². The minimum Gasteiger partial charge on any atom is -0.463 e. The fourth-order valence-electron chi connectivity index (χ4n) is 5.42. The van der Waals surface area contributed by atoms with Crippen LogP contribution in [0.2, 0.25) is 0 Å². The summed E-state index contributed by atoms with van der Waals surface area (Å²) in [6.07, 6.45) is 43.1. The molecule has 0 aliphatic heterocycles. The molecule has 0 aromatic heterocycles. The van der Waals surface area contributed by atoms with Crippen molar-refractivity contribution in [1.82, 2.24) is 0 Å². The largest absolute Gasteiger partial charge is 0.463 e. The molecule has 0 saturated heterocycles. The van der Waals surface area contributed by atoms with Crippen LogP contribution >= 0.6 is 0 Å². The molecule has 0 aromatic carbocycles. The van der Waals surface area contributed by atoms with E-state index in [1.165, 1.54) is 83.5 Å². The third-order valence-corrected chi connectivity index (χ3v) is 8.43. The number of esters is 2. The molecule has 5 nitrogen and oxygen atoms in total. The molecule has 0 heterocycles. The average molecular weight is 661 g/mol. The minimum atomic E-state index is -0.403. The molecule has 47 heavy (non-hydrogen) atoms. The van der Waals surface area contributed by atoms with Crippen LogP contribution in [-0.2, 0) is 23.8 Å². The Morgan fingerprint density at radius 1 is 0.447 bits per heavy atom. The Morgan fingerprint density at radius 2 is 0.809 bits per heavy atom. The maximum Gasteiger partial charge on any atom is 0.305 e. The Balaban J connectivity index is 4.23. The van der Waals surface area contributed by atoms with Gasteiger partial charge in [-0.2, -0.15) is 0 Å². The highest BCUT2D eigenvalue weighted by Crippen LogP contribution is 2.12. The van der Waals surface area contributed by atoms with Crippen molar-refractivity contribution >= 4 is 11.9 Å². The molecule has 0 aromatic rings. The summed E-state index contributed by atoms with van der Waals surface area (Å²) in [4.78, 5) is 24.8. The summed E-state index contributed by atoms with van der Waals surface area (Å²) in [6, 6.07) is 0. The van der Waals surface area contributed by atoms with Gasteiger partial charge in [-0.3, -0.25) is 9.59 Å². The first-order valence-electron chi connectivity index (χ1n) is 20.0. The maximum absolute atomic E-state index is 12.4. The number of carbonyl (C=O) groups is 2. The van der Waals surface area contributed by atoms with E-state index in [0.29, 0.717) is 19.4 Å². The molecule has 1 unspecified atom stereocenters. The van der Waals surface area contributed by atoms with Crippen LogP contribution in [0.25, 0.3) is 0 Å². The van der Waals surface area contributed by atoms with Gasteiger partial charge in [0, 0.05) is 19.4 Å². The number of ether oxygens (including phenoxy) is 3. The molecule has 0 aliphatic rings. The summed E-state index contributed by atoms with van der Waals surface area (Å²) in [5.41, 5.74) is 0. The summed E-state index contributed by atoms with van der Waals surface area (Å²) < 4.78 is 17.2. The summed E-state index contributed by atoms with van der Waals surface area (Å²) in [6.45, 7) is 7.47. The lowest BCUT2D eigenvalue weighted by molar-refractivity contribution is -0.155. The standard InChI is InChI=1S/C42H76O5/c1-4-7-10-13-16-19-21-22-24-27-30-33-36-42(44)47-39-40(45-37-34-31-28-25-20-17-14-11-8-5-2)38-46-41(43)35-32-29-26-23-18-15-12-9-6-3/h8-9,11-12,16,19,40H,4-7,10,13-15,17-18,20-39H2,1-3H3.